The number of nitrogens with zero attached hydrogens (tertiary/aromatic N) is 2. The molecule has 0 fully saturated rings. The van der Waals surface area contributed by atoms with Crippen LogP contribution in [0.4, 0.5) is 0 Å². The fraction of sp³-hybridized carbons (Fsp3) is 0.533. The smallest absolute Gasteiger partial charge is 0.0544 e. The minimum Gasteiger partial charge on any atom is -0.313 e. The molecule has 0 radical (unpaired) electrons. The zero-order valence-electron chi connectivity index (χ0n) is 11.7. The van der Waals surface area contributed by atoms with Crippen molar-refractivity contribution in [2.75, 3.05) is 20.1 Å². The minimum absolute atomic E-state index is 0.902. The highest BCUT2D eigenvalue weighted by molar-refractivity contribution is 5.13. The Morgan fingerprint density at radius 2 is 2.28 bits per heavy atom. The molecule has 100 valence electrons. The van der Waals surface area contributed by atoms with Crippen molar-refractivity contribution in [3.05, 3.63) is 42.2 Å². The molecular weight excluding hydrogens is 222 g/mol. The molecule has 1 aromatic rings. The number of allylic oxidation sites excluding steroid dienone is 1. The molecule has 0 amide bonds. The molecule has 3 nitrogen and oxygen atoms in total. The van der Waals surface area contributed by atoms with Crippen LogP contribution < -0.4 is 5.32 Å². The first kappa shape index (κ1) is 14.9. The van der Waals surface area contributed by atoms with Crippen LogP contribution in [0.25, 0.3) is 0 Å². The van der Waals surface area contributed by atoms with Gasteiger partial charge < -0.3 is 10.2 Å². The second kappa shape index (κ2) is 8.84. The van der Waals surface area contributed by atoms with Crippen LogP contribution >= 0.6 is 0 Å². The molecule has 1 aromatic heterocycles. The van der Waals surface area contributed by atoms with E-state index in [4.69, 9.17) is 0 Å². The molecular formula is C15H25N3. The van der Waals surface area contributed by atoms with E-state index in [1.807, 2.05) is 12.3 Å². The molecule has 0 aliphatic rings. The van der Waals surface area contributed by atoms with Crippen molar-refractivity contribution in [2.24, 2.45) is 0 Å². The van der Waals surface area contributed by atoms with E-state index in [9.17, 15) is 0 Å². The molecule has 1 rings (SSSR count). The second-order valence-corrected chi connectivity index (χ2v) is 4.61. The van der Waals surface area contributed by atoms with Crippen LogP contribution in [0.3, 0.4) is 0 Å². The van der Waals surface area contributed by atoms with Gasteiger partial charge in [0.1, 0.15) is 0 Å². The Morgan fingerprint density at radius 1 is 1.44 bits per heavy atom. The minimum atomic E-state index is 0.902. The van der Waals surface area contributed by atoms with E-state index in [2.05, 4.69) is 47.9 Å². The second-order valence-electron chi connectivity index (χ2n) is 4.61. The van der Waals surface area contributed by atoms with Crippen molar-refractivity contribution in [3.63, 3.8) is 0 Å². The van der Waals surface area contributed by atoms with Crippen molar-refractivity contribution in [1.82, 2.24) is 15.2 Å². The van der Waals surface area contributed by atoms with E-state index in [-0.39, 0.29) is 0 Å². The van der Waals surface area contributed by atoms with Crippen molar-refractivity contribution in [3.8, 4) is 0 Å². The normalized spacial score (nSPS) is 10.8. The van der Waals surface area contributed by atoms with Gasteiger partial charge in [0, 0.05) is 19.3 Å². The number of aromatic nitrogens is 1. The predicted octanol–water partition coefficient (Wildman–Crippen LogP) is 2.59. The SMILES string of the molecule is C=CCCCN(C)Cc1ccc(CNCC)cn1. The van der Waals surface area contributed by atoms with Crippen LogP contribution in [0.2, 0.25) is 0 Å². The lowest BCUT2D eigenvalue weighted by Gasteiger charge is -2.15. The van der Waals surface area contributed by atoms with Crippen LogP contribution in [-0.4, -0.2) is 30.0 Å². The van der Waals surface area contributed by atoms with E-state index in [1.54, 1.807) is 0 Å². The van der Waals surface area contributed by atoms with Gasteiger partial charge in [-0.25, -0.2) is 0 Å². The zero-order valence-corrected chi connectivity index (χ0v) is 11.7. The van der Waals surface area contributed by atoms with Crippen LogP contribution in [0.5, 0.6) is 0 Å². The quantitative estimate of drug-likeness (QED) is 0.537. The van der Waals surface area contributed by atoms with Crippen molar-refractivity contribution < 1.29 is 0 Å². The van der Waals surface area contributed by atoms with E-state index < -0.39 is 0 Å². The number of hydrogen-bond acceptors (Lipinski definition) is 3. The Balaban J connectivity index is 2.35. The van der Waals surface area contributed by atoms with Gasteiger partial charge in [-0.1, -0.05) is 19.1 Å². The lowest BCUT2D eigenvalue weighted by atomic mass is 10.2. The third-order valence-corrected chi connectivity index (χ3v) is 2.85. The molecule has 0 aliphatic carbocycles. The van der Waals surface area contributed by atoms with E-state index in [0.29, 0.717) is 0 Å². The van der Waals surface area contributed by atoms with Gasteiger partial charge >= 0.3 is 0 Å². The van der Waals surface area contributed by atoms with Crippen LogP contribution in [0.1, 0.15) is 31.0 Å². The molecule has 0 aromatic carbocycles. The highest BCUT2D eigenvalue weighted by Crippen LogP contribution is 2.04. The highest BCUT2D eigenvalue weighted by atomic mass is 15.1. The third kappa shape index (κ3) is 5.94. The summed E-state index contributed by atoms with van der Waals surface area (Å²) < 4.78 is 0. The summed E-state index contributed by atoms with van der Waals surface area (Å²) >= 11 is 0. The maximum atomic E-state index is 4.50. The predicted molar refractivity (Wildman–Crippen MR) is 77.4 cm³/mol. The van der Waals surface area contributed by atoms with E-state index in [1.165, 1.54) is 12.0 Å². The van der Waals surface area contributed by atoms with Crippen molar-refractivity contribution in [1.29, 1.82) is 0 Å². The summed E-state index contributed by atoms with van der Waals surface area (Å²) in [4.78, 5) is 6.80. The fourth-order valence-electron chi connectivity index (χ4n) is 1.78. The Kier molecular flexibility index (Phi) is 7.30. The van der Waals surface area contributed by atoms with Crippen LogP contribution in [0.15, 0.2) is 31.0 Å². The first-order chi connectivity index (χ1) is 8.76. The molecule has 0 unspecified atom stereocenters. The van der Waals surface area contributed by atoms with Gasteiger partial charge in [0.2, 0.25) is 0 Å². The Labute approximate surface area is 111 Å². The molecule has 0 aliphatic heterocycles. The lowest BCUT2D eigenvalue weighted by molar-refractivity contribution is 0.319. The molecule has 0 saturated carbocycles. The average Bonchev–Trinajstić information content (AvgIpc) is 2.38. The fourth-order valence-corrected chi connectivity index (χ4v) is 1.78. The number of unbranched alkanes of at least 4 members (excludes halogenated alkanes) is 1. The molecule has 1 N–H and O–H groups in total. The number of pyridine rings is 1. The summed E-state index contributed by atoms with van der Waals surface area (Å²) in [5.74, 6) is 0. The van der Waals surface area contributed by atoms with Gasteiger partial charge in [-0.2, -0.15) is 0 Å². The maximum absolute atomic E-state index is 4.50. The summed E-state index contributed by atoms with van der Waals surface area (Å²) in [5, 5.41) is 3.30. The molecule has 0 bridgehead atoms. The maximum Gasteiger partial charge on any atom is 0.0544 e. The van der Waals surface area contributed by atoms with Gasteiger partial charge in [-0.15, -0.1) is 6.58 Å². The van der Waals surface area contributed by atoms with E-state index >= 15 is 0 Å². The van der Waals surface area contributed by atoms with Gasteiger partial charge in [0.15, 0.2) is 0 Å². The lowest BCUT2D eigenvalue weighted by Crippen LogP contribution is -2.19. The van der Waals surface area contributed by atoms with Gasteiger partial charge in [-0.3, -0.25) is 4.98 Å². The zero-order chi connectivity index (χ0) is 13.2. The number of nitrogens with one attached hydrogen (secondary N) is 1. The topological polar surface area (TPSA) is 28.2 Å². The Morgan fingerprint density at radius 3 is 2.89 bits per heavy atom. The molecule has 3 heteroatoms. The average molecular weight is 247 g/mol. The largest absolute Gasteiger partial charge is 0.313 e. The standard InChI is InChI=1S/C15H25N3/c1-4-6-7-10-18(3)13-15-9-8-14(12-17-15)11-16-5-2/h4,8-9,12,16H,1,5-7,10-11,13H2,2-3H3. The highest BCUT2D eigenvalue weighted by Gasteiger charge is 2.01. The Bertz CT molecular complexity index is 332. The number of hydrogen-bond donors (Lipinski definition) is 1. The first-order valence-electron chi connectivity index (χ1n) is 6.70. The molecule has 0 atom stereocenters. The summed E-state index contributed by atoms with van der Waals surface area (Å²) in [6.07, 6.45) is 6.19. The summed E-state index contributed by atoms with van der Waals surface area (Å²) in [7, 11) is 2.14. The van der Waals surface area contributed by atoms with Gasteiger partial charge in [-0.05, 0) is 44.6 Å². The summed E-state index contributed by atoms with van der Waals surface area (Å²) in [6, 6.07) is 4.28. The monoisotopic (exact) mass is 247 g/mol. The molecule has 1 heterocycles. The third-order valence-electron chi connectivity index (χ3n) is 2.85. The van der Waals surface area contributed by atoms with Crippen molar-refractivity contribution >= 4 is 0 Å². The number of rotatable bonds is 9. The van der Waals surface area contributed by atoms with Crippen LogP contribution in [-0.2, 0) is 13.1 Å². The molecule has 0 saturated heterocycles. The summed E-state index contributed by atoms with van der Waals surface area (Å²) in [5.41, 5.74) is 2.38. The van der Waals surface area contributed by atoms with Gasteiger partial charge in [0.05, 0.1) is 5.69 Å². The molecule has 0 spiro atoms. The van der Waals surface area contributed by atoms with Crippen molar-refractivity contribution in [2.45, 2.75) is 32.9 Å². The molecule has 18 heavy (non-hydrogen) atoms. The van der Waals surface area contributed by atoms with Gasteiger partial charge in [0.25, 0.3) is 0 Å². The van der Waals surface area contributed by atoms with E-state index in [0.717, 1.165) is 38.3 Å². The first-order valence-corrected chi connectivity index (χ1v) is 6.70. The summed E-state index contributed by atoms with van der Waals surface area (Å²) in [6.45, 7) is 9.75. The Hall–Kier alpha value is -1.19. The van der Waals surface area contributed by atoms with Crippen LogP contribution in [0, 0.1) is 0 Å².